The molecule has 2 saturated carbocycles. The Bertz CT molecular complexity index is 1510. The van der Waals surface area contributed by atoms with Gasteiger partial charge in [0.15, 0.2) is 23.2 Å². The predicted octanol–water partition coefficient (Wildman–Crippen LogP) is 7.67. The maximum atomic E-state index is 12.8. The summed E-state index contributed by atoms with van der Waals surface area (Å²) in [5.74, 6) is 1.91. The van der Waals surface area contributed by atoms with Gasteiger partial charge in [-0.25, -0.2) is 0 Å². The Balaban J connectivity index is 1.62. The number of rotatable bonds is 15. The van der Waals surface area contributed by atoms with Gasteiger partial charge in [0.25, 0.3) is 0 Å². The van der Waals surface area contributed by atoms with E-state index in [1.54, 1.807) is 19.3 Å². The summed E-state index contributed by atoms with van der Waals surface area (Å²) in [6.45, 7) is 5.40. The molecule has 2 aromatic rings. The molecule has 0 aromatic heterocycles. The van der Waals surface area contributed by atoms with Crippen molar-refractivity contribution in [1.82, 2.24) is 0 Å². The summed E-state index contributed by atoms with van der Waals surface area (Å²) in [7, 11) is 1.74. The van der Waals surface area contributed by atoms with Crippen LogP contribution in [0.3, 0.4) is 0 Å². The zero-order chi connectivity index (χ0) is 34.9. The maximum Gasteiger partial charge on any atom is 0.185 e. The van der Waals surface area contributed by atoms with Crippen LogP contribution in [0.15, 0.2) is 65.2 Å². The van der Waals surface area contributed by atoms with Gasteiger partial charge in [0.1, 0.15) is 5.75 Å². The average Bonchev–Trinajstić information content (AvgIpc) is 3.58. The largest absolute Gasteiger partial charge is 0.508 e. The fourth-order valence-electron chi connectivity index (χ4n) is 8.66. The lowest BCUT2D eigenvalue weighted by Crippen LogP contribution is -2.40. The molecule has 266 valence electrons. The molecule has 49 heavy (non-hydrogen) atoms. The lowest BCUT2D eigenvalue weighted by Gasteiger charge is -2.49. The van der Waals surface area contributed by atoms with E-state index in [0.717, 1.165) is 74.5 Å². The van der Waals surface area contributed by atoms with Crippen LogP contribution in [-0.2, 0) is 16.0 Å². The highest BCUT2D eigenvalue weighted by atomic mass is 16.5. The predicted molar refractivity (Wildman–Crippen MR) is 196 cm³/mol. The normalized spacial score (nSPS) is 25.6. The van der Waals surface area contributed by atoms with Gasteiger partial charge in [0.05, 0.1) is 12.7 Å². The van der Waals surface area contributed by atoms with E-state index in [-0.39, 0.29) is 58.9 Å². The number of nitrogens with zero attached hydrogens (tertiary/aromatic N) is 1. The van der Waals surface area contributed by atoms with E-state index in [1.807, 2.05) is 24.3 Å². The van der Waals surface area contributed by atoms with E-state index >= 15 is 0 Å². The van der Waals surface area contributed by atoms with Crippen molar-refractivity contribution < 1.29 is 24.5 Å². The van der Waals surface area contributed by atoms with Gasteiger partial charge in [-0.05, 0) is 123 Å². The fraction of sp³-hybridized carbons (Fsp3) is 0.561. The Kier molecular flexibility index (Phi) is 12.8. The minimum atomic E-state index is -0.0715. The molecular weight excluding hydrogens is 614 g/mol. The van der Waals surface area contributed by atoms with Crippen molar-refractivity contribution in [2.75, 3.05) is 20.3 Å². The van der Waals surface area contributed by atoms with Gasteiger partial charge in [0.2, 0.25) is 0 Å². The van der Waals surface area contributed by atoms with Crippen molar-refractivity contribution in [2.24, 2.45) is 40.1 Å². The number of hydrogen-bond acceptors (Lipinski definition) is 6. The number of guanidine groups is 1. The number of carbonyl (C=O) groups excluding carboxylic acids is 1. The second-order valence-electron chi connectivity index (χ2n) is 14.6. The number of phenolic OH excluding ortho intramolecular Hbond substituents is 2. The molecule has 2 aromatic carbocycles. The highest BCUT2D eigenvalue weighted by molar-refractivity contribution is 5.89. The number of unbranched alkanes of at least 4 members (excludes halogenated alkanes) is 1. The number of nitrogens with two attached hydrogens (primary N) is 2. The van der Waals surface area contributed by atoms with Crippen LogP contribution < -0.4 is 16.2 Å². The van der Waals surface area contributed by atoms with Crippen LogP contribution in [-0.4, -0.2) is 48.3 Å². The number of fused-ring (bicyclic) bond motifs is 1. The number of phenols is 2. The van der Waals surface area contributed by atoms with E-state index in [1.165, 1.54) is 5.57 Å². The fourth-order valence-corrected chi connectivity index (χ4v) is 8.66. The Morgan fingerprint density at radius 1 is 1.10 bits per heavy atom. The summed E-state index contributed by atoms with van der Waals surface area (Å²) in [5.41, 5.74) is 15.8. The quantitative estimate of drug-likeness (QED) is 0.0659. The summed E-state index contributed by atoms with van der Waals surface area (Å²) in [6, 6.07) is 11.7. The number of aryl methyl sites for hydroxylation is 1. The first-order chi connectivity index (χ1) is 23.7. The first-order valence-corrected chi connectivity index (χ1v) is 18.4. The summed E-state index contributed by atoms with van der Waals surface area (Å²) in [4.78, 5) is 17.2. The van der Waals surface area contributed by atoms with Gasteiger partial charge >= 0.3 is 0 Å². The third-order valence-corrected chi connectivity index (χ3v) is 10.9. The lowest BCUT2D eigenvalue weighted by atomic mass is 9.56. The maximum absolute atomic E-state index is 12.8. The lowest BCUT2D eigenvalue weighted by molar-refractivity contribution is -0.114. The number of ketones is 1. The molecule has 3 aliphatic rings. The number of hydrogen-bond donors (Lipinski definition) is 4. The summed E-state index contributed by atoms with van der Waals surface area (Å²) < 4.78 is 12.5. The third-order valence-electron chi connectivity index (χ3n) is 10.9. The van der Waals surface area contributed by atoms with E-state index in [0.29, 0.717) is 37.7 Å². The molecule has 8 heteroatoms. The first kappa shape index (κ1) is 36.5. The molecule has 0 amide bonds. The molecule has 5 rings (SSSR count). The van der Waals surface area contributed by atoms with E-state index in [4.69, 9.17) is 20.9 Å². The van der Waals surface area contributed by atoms with E-state index < -0.39 is 0 Å². The molecule has 8 nitrogen and oxygen atoms in total. The Morgan fingerprint density at radius 2 is 1.90 bits per heavy atom. The SMILES string of the molecule is CCC/C=C/C(=O)CCc1cc(OC2CCCC2)c(O)c([C@H]2[C@H](COC)[C@@H](CCN=C(N)N)C=C3[C@@H](c4cccc(O)c4)C[C@H](C)C[C@@H]32)c1. The summed E-state index contributed by atoms with van der Waals surface area (Å²) in [6.07, 6.45) is 15.9. The van der Waals surface area contributed by atoms with Gasteiger partial charge < -0.3 is 31.2 Å². The van der Waals surface area contributed by atoms with Gasteiger partial charge in [-0.1, -0.05) is 56.2 Å². The van der Waals surface area contributed by atoms with Crippen LogP contribution in [0.4, 0.5) is 0 Å². The molecule has 0 aliphatic heterocycles. The highest BCUT2D eigenvalue weighted by Gasteiger charge is 2.47. The van der Waals surface area contributed by atoms with Crippen LogP contribution in [0.25, 0.3) is 0 Å². The van der Waals surface area contributed by atoms with E-state index in [9.17, 15) is 15.0 Å². The van der Waals surface area contributed by atoms with Crippen molar-refractivity contribution in [3.05, 3.63) is 76.9 Å². The van der Waals surface area contributed by atoms with Gasteiger partial charge in [-0.2, -0.15) is 0 Å². The average molecular weight is 672 g/mol. The Labute approximate surface area is 292 Å². The van der Waals surface area contributed by atoms with Gasteiger partial charge in [-0.3, -0.25) is 9.79 Å². The molecule has 6 atom stereocenters. The summed E-state index contributed by atoms with van der Waals surface area (Å²) >= 11 is 0. The van der Waals surface area contributed by atoms with Crippen LogP contribution in [0.1, 0.15) is 107 Å². The number of benzene rings is 2. The van der Waals surface area contributed by atoms with Crippen LogP contribution in [0.2, 0.25) is 0 Å². The number of methoxy groups -OCH3 is 1. The molecule has 0 spiro atoms. The standard InChI is InChI=1S/C41H57N3O5/c1-4-5-6-11-30(45)16-15-27-21-36(40(47)38(22-27)49-32-13-7-8-14-32)39-35-20-26(2)19-33(28-10-9-12-31(46)23-28)34(35)24-29(37(39)25-48-3)17-18-44-41(42)43/h6,9-12,21-24,26,29,32-33,35,37,39,46-47H,4-5,7-8,13-20,25H2,1-3H3,(H4,42,43,44)/b11-6+/t26-,29-,33+,35-,37+,39-/m0/s1. The zero-order valence-corrected chi connectivity index (χ0v) is 29.7. The molecule has 0 unspecified atom stereocenters. The van der Waals surface area contributed by atoms with Crippen LogP contribution in [0, 0.1) is 23.7 Å². The highest BCUT2D eigenvalue weighted by Crippen LogP contribution is 2.58. The van der Waals surface area contributed by atoms with E-state index in [2.05, 4.69) is 37.0 Å². The number of aromatic hydroxyl groups is 2. The van der Waals surface area contributed by atoms with Crippen molar-refractivity contribution in [3.8, 4) is 17.2 Å². The molecular formula is C41H57N3O5. The molecule has 3 aliphatic carbocycles. The molecule has 0 saturated heterocycles. The number of allylic oxidation sites excluding steroid dienone is 4. The second-order valence-corrected chi connectivity index (χ2v) is 14.6. The monoisotopic (exact) mass is 671 g/mol. The van der Waals surface area contributed by atoms with Gasteiger partial charge in [-0.15, -0.1) is 0 Å². The number of ether oxygens (including phenoxy) is 2. The minimum absolute atomic E-state index is 0.0437. The Hall–Kier alpha value is -3.78. The molecule has 0 radical (unpaired) electrons. The summed E-state index contributed by atoms with van der Waals surface area (Å²) in [5, 5.41) is 22.7. The van der Waals surface area contributed by atoms with Crippen molar-refractivity contribution in [2.45, 2.75) is 102 Å². The molecule has 0 heterocycles. The van der Waals surface area contributed by atoms with Crippen molar-refractivity contribution in [1.29, 1.82) is 0 Å². The minimum Gasteiger partial charge on any atom is -0.508 e. The van der Waals surface area contributed by atoms with Crippen molar-refractivity contribution in [3.63, 3.8) is 0 Å². The topological polar surface area (TPSA) is 140 Å². The van der Waals surface area contributed by atoms with Crippen molar-refractivity contribution >= 4 is 11.7 Å². The third kappa shape index (κ3) is 9.27. The Morgan fingerprint density at radius 3 is 2.61 bits per heavy atom. The van der Waals surface area contributed by atoms with Crippen LogP contribution >= 0.6 is 0 Å². The van der Waals surface area contributed by atoms with Gasteiger partial charge in [0, 0.05) is 31.6 Å². The molecule has 2 fully saturated rings. The number of carbonyl (C=O) groups is 1. The number of aliphatic imine (C=N–C) groups is 1. The first-order valence-electron chi connectivity index (χ1n) is 18.4. The zero-order valence-electron chi connectivity index (χ0n) is 29.7. The molecule has 6 N–H and O–H groups in total. The molecule has 0 bridgehead atoms. The second kappa shape index (κ2) is 17.2. The van der Waals surface area contributed by atoms with Crippen LogP contribution in [0.5, 0.6) is 17.2 Å². The smallest absolute Gasteiger partial charge is 0.185 e.